The highest BCUT2D eigenvalue weighted by Crippen LogP contribution is 2.16. The Balaban J connectivity index is 1.75. The second-order valence-electron chi connectivity index (χ2n) is 5.76. The van der Waals surface area contributed by atoms with Crippen LogP contribution in [-0.4, -0.2) is 15.7 Å². The van der Waals surface area contributed by atoms with Crippen molar-refractivity contribution in [3.8, 4) is 11.5 Å². The van der Waals surface area contributed by atoms with Gasteiger partial charge in [0.15, 0.2) is 0 Å². The Morgan fingerprint density at radius 2 is 1.80 bits per heavy atom. The van der Waals surface area contributed by atoms with Gasteiger partial charge in [-0.3, -0.25) is 4.79 Å². The normalized spacial score (nSPS) is 10.7. The zero-order valence-corrected chi connectivity index (χ0v) is 13.7. The van der Waals surface area contributed by atoms with Crippen molar-refractivity contribution in [1.29, 1.82) is 0 Å². The summed E-state index contributed by atoms with van der Waals surface area (Å²) < 4.78 is 18.9. The quantitative estimate of drug-likeness (QED) is 0.791. The summed E-state index contributed by atoms with van der Waals surface area (Å²) in [6.07, 6.45) is 0. The van der Waals surface area contributed by atoms with Crippen LogP contribution in [0.3, 0.4) is 0 Å². The molecule has 0 aliphatic carbocycles. The first-order valence-electron chi connectivity index (χ1n) is 7.63. The lowest BCUT2D eigenvalue weighted by Gasteiger charge is -2.07. The van der Waals surface area contributed by atoms with Crippen molar-refractivity contribution in [2.75, 3.05) is 5.32 Å². The highest BCUT2D eigenvalue weighted by Gasteiger charge is 2.13. The van der Waals surface area contributed by atoms with E-state index in [-0.39, 0.29) is 12.4 Å². The number of halogens is 1. The summed E-state index contributed by atoms with van der Waals surface area (Å²) in [5.74, 6) is -1.52. The van der Waals surface area contributed by atoms with Gasteiger partial charge < -0.3 is 9.73 Å². The maximum Gasteiger partial charge on any atom is 0.437 e. The van der Waals surface area contributed by atoms with Crippen molar-refractivity contribution in [2.24, 2.45) is 0 Å². The zero-order valence-electron chi connectivity index (χ0n) is 13.7. The number of hydrogen-bond acceptors (Lipinski definition) is 4. The Morgan fingerprint density at radius 3 is 2.44 bits per heavy atom. The smallest absolute Gasteiger partial charge is 0.388 e. The minimum absolute atomic E-state index is 0.0317. The van der Waals surface area contributed by atoms with Gasteiger partial charge in [0.05, 0.1) is 0 Å². The van der Waals surface area contributed by atoms with Crippen LogP contribution in [0, 0.1) is 19.7 Å². The highest BCUT2D eigenvalue weighted by molar-refractivity contribution is 5.90. The topological polar surface area (TPSA) is 77.1 Å². The number of aryl methyl sites for hydroxylation is 2. The molecule has 7 heteroatoms. The molecule has 0 radical (unpaired) electrons. The number of rotatable bonds is 4. The van der Waals surface area contributed by atoms with Crippen LogP contribution in [0.2, 0.25) is 0 Å². The number of carbonyl (C=O) groups excluding carboxylic acids is 1. The first-order valence-corrected chi connectivity index (χ1v) is 7.63. The minimum atomic E-state index is -0.755. The molecule has 3 rings (SSSR count). The number of nitrogens with zero attached hydrogens (tertiary/aromatic N) is 2. The predicted molar refractivity (Wildman–Crippen MR) is 90.7 cm³/mol. The molecule has 1 amide bonds. The van der Waals surface area contributed by atoms with Crippen LogP contribution < -0.4 is 11.1 Å². The van der Waals surface area contributed by atoms with Gasteiger partial charge in [-0.2, -0.15) is 4.68 Å². The Labute approximate surface area is 142 Å². The number of carbonyl (C=O) groups is 1. The Morgan fingerprint density at radius 1 is 1.16 bits per heavy atom. The molecule has 0 aliphatic heterocycles. The van der Waals surface area contributed by atoms with Gasteiger partial charge in [-0.05, 0) is 61.4 Å². The van der Waals surface area contributed by atoms with Crippen LogP contribution in [0.25, 0.3) is 11.5 Å². The fourth-order valence-corrected chi connectivity index (χ4v) is 2.50. The summed E-state index contributed by atoms with van der Waals surface area (Å²) in [4.78, 5) is 24.0. The summed E-state index contributed by atoms with van der Waals surface area (Å²) in [7, 11) is 0. The molecular formula is C18H16FN3O3. The van der Waals surface area contributed by atoms with Gasteiger partial charge in [0, 0.05) is 11.3 Å². The van der Waals surface area contributed by atoms with E-state index in [1.165, 1.54) is 24.3 Å². The van der Waals surface area contributed by atoms with E-state index in [4.69, 9.17) is 4.42 Å². The molecular weight excluding hydrogens is 325 g/mol. The van der Waals surface area contributed by atoms with Crippen LogP contribution in [0.5, 0.6) is 0 Å². The lowest BCUT2D eigenvalue weighted by Crippen LogP contribution is -2.25. The fraction of sp³-hybridized carbons (Fsp3) is 0.167. The molecule has 0 aliphatic rings. The molecule has 25 heavy (non-hydrogen) atoms. The van der Waals surface area contributed by atoms with Crippen molar-refractivity contribution in [2.45, 2.75) is 20.4 Å². The number of nitrogens with one attached hydrogen (secondary N) is 1. The number of hydrogen-bond donors (Lipinski definition) is 1. The molecule has 1 N–H and O–H groups in total. The summed E-state index contributed by atoms with van der Waals surface area (Å²) in [5, 5.41) is 6.71. The van der Waals surface area contributed by atoms with Crippen molar-refractivity contribution in [3.05, 3.63) is 70.0 Å². The van der Waals surface area contributed by atoms with Crippen LogP contribution >= 0.6 is 0 Å². The van der Waals surface area contributed by atoms with Crippen LogP contribution in [0.15, 0.2) is 51.7 Å². The summed E-state index contributed by atoms with van der Waals surface area (Å²) in [6.45, 7) is 3.58. The van der Waals surface area contributed by atoms with Gasteiger partial charge in [-0.15, -0.1) is 5.10 Å². The van der Waals surface area contributed by atoms with E-state index in [2.05, 4.69) is 10.4 Å². The average molecular weight is 341 g/mol. The molecule has 128 valence electrons. The maximum absolute atomic E-state index is 13.0. The summed E-state index contributed by atoms with van der Waals surface area (Å²) in [5.41, 5.74) is 3.14. The van der Waals surface area contributed by atoms with Crippen LogP contribution in [0.1, 0.15) is 11.1 Å². The van der Waals surface area contributed by atoms with Gasteiger partial charge in [0.1, 0.15) is 12.4 Å². The van der Waals surface area contributed by atoms with E-state index in [0.717, 1.165) is 15.8 Å². The fourth-order valence-electron chi connectivity index (χ4n) is 2.50. The minimum Gasteiger partial charge on any atom is -0.388 e. The van der Waals surface area contributed by atoms with E-state index in [9.17, 15) is 14.0 Å². The van der Waals surface area contributed by atoms with Crippen LogP contribution in [-0.2, 0) is 11.3 Å². The summed E-state index contributed by atoms with van der Waals surface area (Å²) >= 11 is 0. The molecule has 1 aromatic heterocycles. The highest BCUT2D eigenvalue weighted by atomic mass is 19.1. The Hall–Kier alpha value is -3.22. The second kappa shape index (κ2) is 6.72. The van der Waals surface area contributed by atoms with Crippen molar-refractivity contribution in [3.63, 3.8) is 0 Å². The molecule has 0 saturated carbocycles. The molecule has 0 spiro atoms. The SMILES string of the molecule is Cc1cc(C)cc(NC(=O)Cn2nc(-c3ccc(F)cc3)oc2=O)c1. The van der Waals surface area contributed by atoms with E-state index < -0.39 is 17.5 Å². The number of amides is 1. The van der Waals surface area contributed by atoms with Crippen molar-refractivity contribution >= 4 is 11.6 Å². The number of anilines is 1. The molecule has 0 fully saturated rings. The molecule has 0 bridgehead atoms. The van der Waals surface area contributed by atoms with E-state index in [1.54, 1.807) is 0 Å². The van der Waals surface area contributed by atoms with Crippen LogP contribution in [0.4, 0.5) is 10.1 Å². The van der Waals surface area contributed by atoms with Gasteiger partial charge in [0.25, 0.3) is 0 Å². The third kappa shape index (κ3) is 4.00. The number of benzene rings is 2. The molecule has 0 unspecified atom stereocenters. The monoisotopic (exact) mass is 341 g/mol. The zero-order chi connectivity index (χ0) is 18.0. The second-order valence-corrected chi connectivity index (χ2v) is 5.76. The standard InChI is InChI=1S/C18H16FN3O3/c1-11-7-12(2)9-15(8-11)20-16(23)10-22-18(24)25-17(21-22)13-3-5-14(19)6-4-13/h3-9H,10H2,1-2H3,(H,20,23). The van der Waals surface area contributed by atoms with Gasteiger partial charge >= 0.3 is 5.76 Å². The lowest BCUT2D eigenvalue weighted by atomic mass is 10.1. The number of aromatic nitrogens is 2. The first-order chi connectivity index (χ1) is 11.9. The third-order valence-electron chi connectivity index (χ3n) is 3.50. The van der Waals surface area contributed by atoms with Gasteiger partial charge in [0.2, 0.25) is 11.8 Å². The van der Waals surface area contributed by atoms with Gasteiger partial charge in [-0.1, -0.05) is 6.07 Å². The average Bonchev–Trinajstić information content (AvgIpc) is 2.87. The Bertz CT molecular complexity index is 954. The largest absolute Gasteiger partial charge is 0.437 e. The third-order valence-corrected chi connectivity index (χ3v) is 3.50. The van der Waals surface area contributed by atoms with E-state index in [1.807, 2.05) is 32.0 Å². The van der Waals surface area contributed by atoms with Crippen molar-refractivity contribution < 1.29 is 13.6 Å². The molecule has 0 atom stereocenters. The van der Waals surface area contributed by atoms with E-state index in [0.29, 0.717) is 11.3 Å². The Kier molecular flexibility index (Phi) is 4.47. The molecule has 2 aromatic carbocycles. The molecule has 1 heterocycles. The first kappa shape index (κ1) is 16.6. The lowest BCUT2D eigenvalue weighted by molar-refractivity contribution is -0.117. The van der Waals surface area contributed by atoms with Gasteiger partial charge in [-0.25, -0.2) is 9.18 Å². The predicted octanol–water partition coefficient (Wildman–Crippen LogP) is 2.90. The molecule has 3 aromatic rings. The van der Waals surface area contributed by atoms with E-state index >= 15 is 0 Å². The van der Waals surface area contributed by atoms with Crippen molar-refractivity contribution in [1.82, 2.24) is 9.78 Å². The molecule has 6 nitrogen and oxygen atoms in total. The maximum atomic E-state index is 13.0. The molecule has 0 saturated heterocycles. The summed E-state index contributed by atoms with van der Waals surface area (Å²) in [6, 6.07) is 11.0.